The fraction of sp³-hybridized carbons (Fsp3) is 0.607. The molecular weight excluding hydrogens is 1260 g/mol. The van der Waals surface area contributed by atoms with E-state index < -0.39 is 181 Å². The van der Waals surface area contributed by atoms with Gasteiger partial charge in [0.25, 0.3) is 0 Å². The highest BCUT2D eigenvalue weighted by Crippen LogP contribution is 2.20. The Balaban J connectivity index is 2.42. The van der Waals surface area contributed by atoms with E-state index in [1.807, 2.05) is 0 Å². The highest BCUT2D eigenvalue weighted by atomic mass is 16.4. The van der Waals surface area contributed by atoms with Crippen LogP contribution in [0.15, 0.2) is 35.5 Å². The molecule has 1 heterocycles. The average Bonchev–Trinajstić information content (AvgIpc) is 1.61. The van der Waals surface area contributed by atoms with E-state index in [9.17, 15) is 82.1 Å². The molecule has 0 aliphatic carbocycles. The van der Waals surface area contributed by atoms with Gasteiger partial charge in [-0.3, -0.25) is 72.1 Å². The van der Waals surface area contributed by atoms with E-state index >= 15 is 0 Å². The first-order chi connectivity index (χ1) is 44.9. The first-order valence-corrected chi connectivity index (χ1v) is 31.5. The van der Waals surface area contributed by atoms with Crippen LogP contribution in [0.4, 0.5) is 0 Å². The molecule has 2 aromatic rings. The van der Waals surface area contributed by atoms with Crippen molar-refractivity contribution in [3.05, 3.63) is 36.0 Å². The minimum atomic E-state index is -1.88. The molecule has 13 amide bonds. The maximum absolute atomic E-state index is 14.7. The third-order valence-corrected chi connectivity index (χ3v) is 14.6. The van der Waals surface area contributed by atoms with Crippen molar-refractivity contribution in [1.29, 1.82) is 0 Å². The van der Waals surface area contributed by atoms with Gasteiger partial charge in [-0.05, 0) is 87.2 Å². The Bertz CT molecular complexity index is 3090. The van der Waals surface area contributed by atoms with E-state index in [1.54, 1.807) is 72.0 Å². The summed E-state index contributed by atoms with van der Waals surface area (Å²) in [5.41, 5.74) is 28.5. The number of carbonyl (C=O) groups excluding carboxylic acids is 13. The summed E-state index contributed by atoms with van der Waals surface area (Å²) < 4.78 is 0. The molecule has 35 heteroatoms. The highest BCUT2D eigenvalue weighted by Gasteiger charge is 2.36. The summed E-state index contributed by atoms with van der Waals surface area (Å²) in [6.07, 6.45) is -0.795. The number of nitrogens with two attached hydrogens (primary N) is 5. The number of carboxylic acids is 2. The van der Waals surface area contributed by atoms with Crippen molar-refractivity contribution < 1.29 is 82.1 Å². The fourth-order valence-corrected chi connectivity index (χ4v) is 9.60. The van der Waals surface area contributed by atoms with Crippen LogP contribution < -0.4 is 87.2 Å². The summed E-state index contributed by atoms with van der Waals surface area (Å²) in [5.74, 6) is -16.4. The van der Waals surface area contributed by atoms with E-state index in [1.165, 1.54) is 20.8 Å². The van der Waals surface area contributed by atoms with Crippen molar-refractivity contribution in [3.63, 3.8) is 0 Å². The van der Waals surface area contributed by atoms with Crippen molar-refractivity contribution >= 4 is 106 Å². The lowest BCUT2D eigenvalue weighted by Gasteiger charge is -2.28. The molecule has 10 atom stereocenters. The molecule has 0 spiro atoms. The second kappa shape index (κ2) is 41.0. The Labute approximate surface area is 555 Å². The predicted molar refractivity (Wildman–Crippen MR) is 349 cm³/mol. The van der Waals surface area contributed by atoms with Crippen LogP contribution in [0.25, 0.3) is 10.9 Å². The topological polar surface area (TPSA) is 587 Å². The maximum Gasteiger partial charge on any atom is 0.326 e. The Morgan fingerprint density at radius 2 is 0.948 bits per heavy atom. The van der Waals surface area contributed by atoms with Crippen molar-refractivity contribution in [2.24, 2.45) is 57.3 Å². The fourth-order valence-electron chi connectivity index (χ4n) is 9.60. The quantitative estimate of drug-likeness (QED) is 0.0169. The number of H-pyrrole nitrogens is 1. The standard InChI is InChI=1S/C61H98N18O17/c1-29(2)21-40(56(91)73-39(17-19-46(64)81)55(90)78-44(60(95)96)23-31(5)6)75-57(92)42(24-34-26-68-37-14-11-10-13-35(34)37)76-54(89)38(15-12-20-67-61(65)66)72-48(83)28-70-53(88)43(25-49(84)85)77-59(94)50(32(7)8)79-58(93)41(22-30(3)4)74-51(86)33(9)71-47(82)27-69-52(87)36(62)16-18-45(63)80/h10-11,13-14,26,29-33,36,38-44,50,68H,12,15-25,27-28,62H2,1-9H3,(H2,63,80)(H2,64,81)(H,69,87)(H,70,88)(H,71,82)(H,72,83)(H,73,91)(H,74,86)(H,75,92)(H,76,89)(H,77,94)(H,78,90)(H,79,93)(H,84,85)(H,95,96)(H4,65,66,67)/t33-,36-,38-,39-,40-,41-,42-,43-,44-,50-/m0/s1. The number of nitrogens with one attached hydrogen (secondary N) is 12. The van der Waals surface area contributed by atoms with E-state index in [4.69, 9.17) is 28.7 Å². The molecule has 24 N–H and O–H groups in total. The lowest BCUT2D eigenvalue weighted by Crippen LogP contribution is -2.60. The molecule has 96 heavy (non-hydrogen) atoms. The zero-order chi connectivity index (χ0) is 72.7. The van der Waals surface area contributed by atoms with Gasteiger partial charge in [-0.1, -0.05) is 73.6 Å². The van der Waals surface area contributed by atoms with Crippen molar-refractivity contribution in [3.8, 4) is 0 Å². The van der Waals surface area contributed by atoms with Crippen LogP contribution in [0.2, 0.25) is 0 Å². The average molecular weight is 1360 g/mol. The lowest BCUT2D eigenvalue weighted by atomic mass is 9.99. The largest absolute Gasteiger partial charge is 0.481 e. The third kappa shape index (κ3) is 30.9. The minimum Gasteiger partial charge on any atom is -0.481 e. The maximum atomic E-state index is 14.7. The first-order valence-electron chi connectivity index (χ1n) is 31.5. The number of benzene rings is 1. The van der Waals surface area contributed by atoms with Crippen LogP contribution >= 0.6 is 0 Å². The molecule has 0 bridgehead atoms. The number of para-hydroxylation sites is 1. The SMILES string of the molecule is CC(C)C[C@H](NC(=O)[C@H](CCC(N)=O)NC(=O)[C@H](CC(C)C)NC(=O)[C@H](Cc1c[nH]c2ccccc12)NC(=O)[C@H](CCCN=C(N)N)NC(=O)CNC(=O)[C@H](CC(=O)O)NC(=O)[C@@H](NC(=O)[C@H](CC(C)C)NC(=O)[C@H](C)NC(=O)CNC(=O)[C@@H](N)CCC(N)=O)C(C)C)C(=O)O. The van der Waals surface area contributed by atoms with Crippen LogP contribution in [0, 0.1) is 23.7 Å². The summed E-state index contributed by atoms with van der Waals surface area (Å²) in [6.45, 7) is 13.2. The third-order valence-electron chi connectivity index (χ3n) is 14.6. The van der Waals surface area contributed by atoms with Gasteiger partial charge < -0.3 is 102 Å². The molecule has 0 saturated heterocycles. The van der Waals surface area contributed by atoms with Gasteiger partial charge in [0.2, 0.25) is 76.8 Å². The molecule has 35 nitrogen and oxygen atoms in total. The zero-order valence-electron chi connectivity index (χ0n) is 55.7. The number of hydrogen-bond acceptors (Lipinski definition) is 17. The predicted octanol–water partition coefficient (Wildman–Crippen LogP) is -4.41. The van der Waals surface area contributed by atoms with Gasteiger partial charge in [0, 0.05) is 42.9 Å². The van der Waals surface area contributed by atoms with Gasteiger partial charge in [-0.2, -0.15) is 0 Å². The summed E-state index contributed by atoms with van der Waals surface area (Å²) in [7, 11) is 0. The Hall–Kier alpha value is -9.96. The molecule has 1 aromatic carbocycles. The number of primary amides is 2. The van der Waals surface area contributed by atoms with Crippen LogP contribution in [0.3, 0.4) is 0 Å². The molecule has 1 aromatic heterocycles. The van der Waals surface area contributed by atoms with Gasteiger partial charge in [-0.15, -0.1) is 0 Å². The number of aromatic nitrogens is 1. The van der Waals surface area contributed by atoms with Gasteiger partial charge in [0.05, 0.1) is 25.6 Å². The summed E-state index contributed by atoms with van der Waals surface area (Å²) in [5, 5.41) is 47.4. The molecule has 0 aliphatic heterocycles. The minimum absolute atomic E-state index is 0.0150. The van der Waals surface area contributed by atoms with E-state index in [0.717, 1.165) is 0 Å². The molecular formula is C61H98N18O17. The number of fused-ring (bicyclic) bond motifs is 1. The molecule has 534 valence electrons. The number of aliphatic imine (C=N–C) groups is 1. The number of aromatic amines is 1. The molecule has 0 saturated carbocycles. The van der Waals surface area contributed by atoms with Crippen molar-refractivity contribution in [1.82, 2.24) is 63.5 Å². The zero-order valence-corrected chi connectivity index (χ0v) is 55.7. The number of amides is 13. The van der Waals surface area contributed by atoms with Gasteiger partial charge in [0.1, 0.15) is 54.4 Å². The van der Waals surface area contributed by atoms with Crippen LogP contribution in [0.5, 0.6) is 0 Å². The summed E-state index contributed by atoms with van der Waals surface area (Å²) >= 11 is 0. The summed E-state index contributed by atoms with van der Waals surface area (Å²) in [6, 6.07) is -7.37. The van der Waals surface area contributed by atoms with E-state index in [0.29, 0.717) is 16.5 Å². The molecule has 0 aliphatic rings. The molecule has 0 unspecified atom stereocenters. The first kappa shape index (κ1) is 82.1. The number of guanidine groups is 1. The van der Waals surface area contributed by atoms with E-state index in [2.05, 4.69) is 68.5 Å². The smallest absolute Gasteiger partial charge is 0.326 e. The Morgan fingerprint density at radius 3 is 1.49 bits per heavy atom. The van der Waals surface area contributed by atoms with Gasteiger partial charge in [-0.25, -0.2) is 4.79 Å². The van der Waals surface area contributed by atoms with Gasteiger partial charge in [0.15, 0.2) is 5.96 Å². The Morgan fingerprint density at radius 1 is 0.490 bits per heavy atom. The second-order valence-corrected chi connectivity index (χ2v) is 24.9. The highest BCUT2D eigenvalue weighted by molar-refractivity contribution is 6.00. The van der Waals surface area contributed by atoms with Crippen LogP contribution in [-0.4, -0.2) is 190 Å². The number of hydrogen-bond donors (Lipinski definition) is 19. The van der Waals surface area contributed by atoms with Gasteiger partial charge >= 0.3 is 11.9 Å². The number of aliphatic carboxylic acids is 2. The molecule has 0 fully saturated rings. The normalized spacial score (nSPS) is 14.3. The number of carbonyl (C=O) groups is 15. The van der Waals surface area contributed by atoms with Crippen LogP contribution in [-0.2, 0) is 78.3 Å². The number of carboxylic acid groups (broad SMARTS) is 2. The number of rotatable bonds is 44. The second-order valence-electron chi connectivity index (χ2n) is 24.9. The number of nitrogens with zero attached hydrogens (tertiary/aromatic N) is 1. The molecule has 2 rings (SSSR count). The summed E-state index contributed by atoms with van der Waals surface area (Å²) in [4.78, 5) is 205. The molecule has 0 radical (unpaired) electrons. The van der Waals surface area contributed by atoms with Crippen molar-refractivity contribution in [2.45, 2.75) is 193 Å². The lowest BCUT2D eigenvalue weighted by molar-refractivity contribution is -0.143. The van der Waals surface area contributed by atoms with Crippen LogP contribution in [0.1, 0.15) is 132 Å². The monoisotopic (exact) mass is 1350 g/mol. The van der Waals surface area contributed by atoms with E-state index in [-0.39, 0.29) is 88.0 Å². The Kier molecular flexibility index (Phi) is 35.1. The van der Waals surface area contributed by atoms with Crippen molar-refractivity contribution in [2.75, 3.05) is 19.6 Å².